The summed E-state index contributed by atoms with van der Waals surface area (Å²) >= 11 is 1.71. The lowest BCUT2D eigenvalue weighted by molar-refractivity contribution is 0.620. The van der Waals surface area contributed by atoms with Crippen molar-refractivity contribution in [1.29, 1.82) is 0 Å². The number of hydrogen-bond acceptors (Lipinski definition) is 7. The van der Waals surface area contributed by atoms with E-state index in [1.54, 1.807) is 11.3 Å². The number of thiazole rings is 1. The first-order chi connectivity index (χ1) is 27.2. The monoisotopic (exact) mass is 724 g/mol. The summed E-state index contributed by atoms with van der Waals surface area (Å²) in [7, 11) is 0. The minimum atomic E-state index is 0.549. The van der Waals surface area contributed by atoms with Crippen molar-refractivity contribution in [3.8, 4) is 61.9 Å². The molecule has 7 nitrogen and oxygen atoms in total. The van der Waals surface area contributed by atoms with Crippen molar-refractivity contribution in [2.45, 2.75) is 0 Å². The SMILES string of the molecule is c1ccc(-c2nc(-c3ccccc3)nc(-c3ccc4nc(-c5cccc(-c6ccc7c(c6)c6ccccc6n7-c6nc7ccccc7s6)c5)oc4c3)n2)cc1. The van der Waals surface area contributed by atoms with Crippen LogP contribution >= 0.6 is 11.3 Å². The number of nitrogens with zero attached hydrogens (tertiary/aromatic N) is 6. The average Bonchev–Trinajstić information content (AvgIpc) is 3.97. The molecule has 11 aromatic rings. The van der Waals surface area contributed by atoms with Gasteiger partial charge in [0.15, 0.2) is 28.2 Å². The summed E-state index contributed by atoms with van der Waals surface area (Å²) in [6.07, 6.45) is 0. The van der Waals surface area contributed by atoms with Crippen LogP contribution in [-0.2, 0) is 0 Å². The van der Waals surface area contributed by atoms with E-state index in [0.29, 0.717) is 28.9 Å². The Balaban J connectivity index is 0.966. The molecule has 0 saturated heterocycles. The van der Waals surface area contributed by atoms with Crippen LogP contribution in [0.25, 0.3) is 105 Å². The van der Waals surface area contributed by atoms with E-state index in [0.717, 1.165) is 60.6 Å². The third-order valence-corrected chi connectivity index (χ3v) is 11.0. The Kier molecular flexibility index (Phi) is 7.21. The summed E-state index contributed by atoms with van der Waals surface area (Å²) < 4.78 is 9.91. The number of rotatable bonds is 6. The number of hydrogen-bond donors (Lipinski definition) is 0. The van der Waals surface area contributed by atoms with E-state index in [9.17, 15) is 0 Å². The normalized spacial score (nSPS) is 11.6. The van der Waals surface area contributed by atoms with Gasteiger partial charge < -0.3 is 4.42 Å². The van der Waals surface area contributed by atoms with E-state index in [1.807, 2.05) is 91.0 Å². The van der Waals surface area contributed by atoms with Crippen molar-refractivity contribution >= 4 is 54.5 Å². The van der Waals surface area contributed by atoms with Crippen LogP contribution in [0.1, 0.15) is 0 Å². The van der Waals surface area contributed by atoms with Gasteiger partial charge in [-0.25, -0.2) is 24.9 Å². The van der Waals surface area contributed by atoms with E-state index >= 15 is 0 Å². The molecule has 0 amide bonds. The molecule has 0 unspecified atom stereocenters. The molecule has 4 heterocycles. The van der Waals surface area contributed by atoms with Crippen molar-refractivity contribution in [3.63, 3.8) is 0 Å². The maximum atomic E-state index is 6.45. The molecule has 0 atom stereocenters. The van der Waals surface area contributed by atoms with E-state index in [2.05, 4.69) is 83.4 Å². The minimum absolute atomic E-state index is 0.549. The van der Waals surface area contributed by atoms with Crippen LogP contribution in [0.15, 0.2) is 174 Å². The van der Waals surface area contributed by atoms with E-state index < -0.39 is 0 Å². The molecule has 0 aliphatic rings. The minimum Gasteiger partial charge on any atom is -0.436 e. The lowest BCUT2D eigenvalue weighted by Crippen LogP contribution is -2.00. The van der Waals surface area contributed by atoms with Gasteiger partial charge in [0, 0.05) is 33.0 Å². The van der Waals surface area contributed by atoms with Crippen molar-refractivity contribution in [2.24, 2.45) is 0 Å². The van der Waals surface area contributed by atoms with Crippen molar-refractivity contribution in [2.75, 3.05) is 0 Å². The Morgan fingerprint density at radius 1 is 0.400 bits per heavy atom. The zero-order valence-corrected chi connectivity index (χ0v) is 30.0. The molecule has 258 valence electrons. The fraction of sp³-hybridized carbons (Fsp3) is 0. The molecule has 8 heteroatoms. The topological polar surface area (TPSA) is 82.5 Å². The van der Waals surface area contributed by atoms with Gasteiger partial charge in [-0.1, -0.05) is 121 Å². The Hall–Kier alpha value is -7.29. The summed E-state index contributed by atoms with van der Waals surface area (Å²) in [5.74, 6) is 2.33. The summed E-state index contributed by atoms with van der Waals surface area (Å²) in [5, 5.41) is 3.33. The van der Waals surface area contributed by atoms with Gasteiger partial charge in [0.25, 0.3) is 0 Å². The van der Waals surface area contributed by atoms with Crippen molar-refractivity contribution in [3.05, 3.63) is 170 Å². The second-order valence-electron chi connectivity index (χ2n) is 13.4. The summed E-state index contributed by atoms with van der Waals surface area (Å²) in [5.41, 5.74) is 10.4. The highest BCUT2D eigenvalue weighted by molar-refractivity contribution is 7.20. The standard InChI is InChI=1S/C47H28N6OS/c1-3-12-29(13-4-1)43-50-44(30-14-5-2-6-15-30)52-45(51-43)33-22-24-37-41(28-33)54-46(48-37)34-17-11-16-31(26-34)32-23-25-40-36(27-32)35-18-7-9-20-39(35)53(40)47-49-38-19-8-10-21-42(38)55-47/h1-28H. The highest BCUT2D eigenvalue weighted by atomic mass is 32.1. The maximum Gasteiger partial charge on any atom is 0.227 e. The van der Waals surface area contributed by atoms with Crippen LogP contribution in [0.4, 0.5) is 0 Å². The molecular weight excluding hydrogens is 697 g/mol. The van der Waals surface area contributed by atoms with Crippen LogP contribution in [0.2, 0.25) is 0 Å². The second kappa shape index (κ2) is 12.7. The largest absolute Gasteiger partial charge is 0.436 e. The molecule has 11 rings (SSSR count). The van der Waals surface area contributed by atoms with Gasteiger partial charge in [0.2, 0.25) is 5.89 Å². The molecule has 55 heavy (non-hydrogen) atoms. The molecule has 0 aliphatic carbocycles. The van der Waals surface area contributed by atoms with Gasteiger partial charge in [-0.05, 0) is 71.8 Å². The summed E-state index contributed by atoms with van der Waals surface area (Å²) in [6.45, 7) is 0. The van der Waals surface area contributed by atoms with E-state index in [4.69, 9.17) is 29.3 Å². The quantitative estimate of drug-likeness (QED) is 0.170. The Morgan fingerprint density at radius 2 is 1.02 bits per heavy atom. The van der Waals surface area contributed by atoms with Crippen LogP contribution in [-0.4, -0.2) is 29.5 Å². The van der Waals surface area contributed by atoms with Crippen molar-refractivity contribution in [1.82, 2.24) is 29.5 Å². The molecular formula is C47H28N6OS. The molecule has 0 radical (unpaired) electrons. The molecule has 4 aromatic heterocycles. The number of fused-ring (bicyclic) bond motifs is 5. The maximum absolute atomic E-state index is 6.45. The fourth-order valence-electron chi connectivity index (χ4n) is 7.27. The Labute approximate surface area is 318 Å². The first kappa shape index (κ1) is 31.3. The van der Waals surface area contributed by atoms with Gasteiger partial charge in [0.1, 0.15) is 5.52 Å². The zero-order chi connectivity index (χ0) is 36.3. The molecule has 0 fully saturated rings. The van der Waals surface area contributed by atoms with E-state index in [-0.39, 0.29) is 0 Å². The molecule has 7 aromatic carbocycles. The predicted molar refractivity (Wildman–Crippen MR) is 222 cm³/mol. The Morgan fingerprint density at radius 3 is 1.80 bits per heavy atom. The van der Waals surface area contributed by atoms with Crippen LogP contribution in [0.5, 0.6) is 0 Å². The number of oxazole rings is 1. The van der Waals surface area contributed by atoms with Crippen molar-refractivity contribution < 1.29 is 4.42 Å². The number of aromatic nitrogens is 6. The summed E-state index contributed by atoms with van der Waals surface area (Å²) in [6, 6.07) is 57.8. The second-order valence-corrected chi connectivity index (χ2v) is 14.4. The van der Waals surface area contributed by atoms with E-state index in [1.165, 1.54) is 15.5 Å². The Bertz CT molecular complexity index is 3130. The molecule has 0 aliphatic heterocycles. The highest BCUT2D eigenvalue weighted by Gasteiger charge is 2.18. The molecule has 0 N–H and O–H groups in total. The third-order valence-electron chi connectivity index (χ3n) is 9.94. The first-order valence-electron chi connectivity index (χ1n) is 18.0. The van der Waals surface area contributed by atoms with Crippen LogP contribution in [0.3, 0.4) is 0 Å². The molecule has 0 saturated carbocycles. The lowest BCUT2D eigenvalue weighted by Gasteiger charge is -2.08. The zero-order valence-electron chi connectivity index (χ0n) is 29.2. The number of para-hydroxylation sites is 2. The van der Waals surface area contributed by atoms with Crippen LogP contribution < -0.4 is 0 Å². The van der Waals surface area contributed by atoms with Gasteiger partial charge in [-0.3, -0.25) is 4.57 Å². The van der Waals surface area contributed by atoms with Gasteiger partial charge in [0.05, 0.1) is 21.3 Å². The number of benzene rings is 7. The fourth-order valence-corrected chi connectivity index (χ4v) is 8.26. The predicted octanol–water partition coefficient (Wildman–Crippen LogP) is 12.1. The molecule has 0 bridgehead atoms. The van der Waals surface area contributed by atoms with Gasteiger partial charge in [-0.2, -0.15) is 0 Å². The lowest BCUT2D eigenvalue weighted by atomic mass is 10.0. The van der Waals surface area contributed by atoms with Gasteiger partial charge >= 0.3 is 0 Å². The molecule has 0 spiro atoms. The third kappa shape index (κ3) is 5.47. The smallest absolute Gasteiger partial charge is 0.227 e. The van der Waals surface area contributed by atoms with Crippen LogP contribution in [0, 0.1) is 0 Å². The van der Waals surface area contributed by atoms with Gasteiger partial charge in [-0.15, -0.1) is 0 Å². The summed E-state index contributed by atoms with van der Waals surface area (Å²) in [4.78, 5) is 24.5. The highest BCUT2D eigenvalue weighted by Crippen LogP contribution is 2.38. The average molecular weight is 725 g/mol. The first-order valence-corrected chi connectivity index (χ1v) is 18.8.